The number of rotatable bonds is 9. The number of carbonyl (C=O) groups excluding carboxylic acids is 2. The van der Waals surface area contributed by atoms with Crippen LogP contribution in [-0.4, -0.2) is 54.2 Å². The standard InChI is InChI=1S/C30H33N3O6/c1-19-7-4-5-9-25(19)31-30(37)32-26-13-10-21(16-27(26)38-3)17-28(34)33-14-6-8-22(33)18-39-23-11-12-24(29(35)36)20(2)15-23/h4-5,7,9-13,15-16,22H,6,8,14,17-18H2,1-3H3,(H,35,36)(H2,31,32,37)/t22-/m0/s1. The molecule has 1 atom stereocenters. The Hall–Kier alpha value is -4.53. The predicted molar refractivity (Wildman–Crippen MR) is 149 cm³/mol. The molecule has 204 valence electrons. The summed E-state index contributed by atoms with van der Waals surface area (Å²) in [6.45, 7) is 4.63. The molecule has 0 spiro atoms. The van der Waals surface area contributed by atoms with E-state index in [0.717, 1.165) is 24.0 Å². The molecule has 39 heavy (non-hydrogen) atoms. The average Bonchev–Trinajstić information content (AvgIpc) is 3.38. The SMILES string of the molecule is COc1cc(CC(=O)N2CCC[C@H]2COc2ccc(C(=O)O)c(C)c2)ccc1NC(=O)Nc1ccccc1C. The number of anilines is 2. The molecule has 0 aromatic heterocycles. The van der Waals surface area contributed by atoms with Crippen molar-refractivity contribution in [3.8, 4) is 11.5 Å². The first kappa shape index (κ1) is 27.5. The van der Waals surface area contributed by atoms with Crippen LogP contribution in [0.3, 0.4) is 0 Å². The molecule has 0 saturated carbocycles. The van der Waals surface area contributed by atoms with Crippen molar-refractivity contribution >= 4 is 29.3 Å². The van der Waals surface area contributed by atoms with Crippen LogP contribution in [0.2, 0.25) is 0 Å². The van der Waals surface area contributed by atoms with Crippen LogP contribution in [0, 0.1) is 13.8 Å². The van der Waals surface area contributed by atoms with E-state index in [1.54, 1.807) is 37.3 Å². The second-order valence-electron chi connectivity index (χ2n) is 9.58. The number of hydrogen-bond acceptors (Lipinski definition) is 5. The van der Waals surface area contributed by atoms with Gasteiger partial charge in [-0.25, -0.2) is 9.59 Å². The summed E-state index contributed by atoms with van der Waals surface area (Å²) in [7, 11) is 1.52. The zero-order chi connectivity index (χ0) is 27.9. The highest BCUT2D eigenvalue weighted by atomic mass is 16.5. The molecule has 3 aromatic rings. The number of nitrogens with zero attached hydrogens (tertiary/aromatic N) is 1. The Morgan fingerprint density at radius 2 is 1.74 bits per heavy atom. The zero-order valence-corrected chi connectivity index (χ0v) is 22.3. The van der Waals surface area contributed by atoms with Gasteiger partial charge in [-0.1, -0.05) is 24.3 Å². The fourth-order valence-electron chi connectivity index (χ4n) is 4.71. The van der Waals surface area contributed by atoms with Gasteiger partial charge in [-0.15, -0.1) is 0 Å². The third kappa shape index (κ3) is 6.87. The van der Waals surface area contributed by atoms with Crippen molar-refractivity contribution in [3.63, 3.8) is 0 Å². The van der Waals surface area contributed by atoms with Crippen LogP contribution in [0.1, 0.15) is 39.9 Å². The summed E-state index contributed by atoms with van der Waals surface area (Å²) in [5.41, 5.74) is 3.80. The quantitative estimate of drug-likeness (QED) is 0.346. The van der Waals surface area contributed by atoms with Crippen LogP contribution in [0.4, 0.5) is 16.2 Å². The fraction of sp³-hybridized carbons (Fsp3) is 0.300. The zero-order valence-electron chi connectivity index (χ0n) is 22.3. The fourth-order valence-corrected chi connectivity index (χ4v) is 4.71. The van der Waals surface area contributed by atoms with Gasteiger partial charge in [-0.2, -0.15) is 0 Å². The first-order chi connectivity index (χ1) is 18.7. The molecule has 3 N–H and O–H groups in total. The lowest BCUT2D eigenvalue weighted by molar-refractivity contribution is -0.131. The maximum Gasteiger partial charge on any atom is 0.335 e. The number of aromatic carboxylic acids is 1. The molecule has 4 rings (SSSR count). The van der Waals surface area contributed by atoms with Gasteiger partial charge in [0.2, 0.25) is 5.91 Å². The molecule has 0 unspecified atom stereocenters. The van der Waals surface area contributed by atoms with Gasteiger partial charge in [-0.05, 0) is 79.8 Å². The van der Waals surface area contributed by atoms with Gasteiger partial charge in [0.15, 0.2) is 0 Å². The summed E-state index contributed by atoms with van der Waals surface area (Å²) in [5.74, 6) is 0.0500. The summed E-state index contributed by atoms with van der Waals surface area (Å²) in [6, 6.07) is 17.2. The highest BCUT2D eigenvalue weighted by Crippen LogP contribution is 2.28. The minimum absolute atomic E-state index is 0.0152. The first-order valence-corrected chi connectivity index (χ1v) is 12.8. The number of nitrogens with one attached hydrogen (secondary N) is 2. The second-order valence-corrected chi connectivity index (χ2v) is 9.58. The van der Waals surface area contributed by atoms with Crippen molar-refractivity contribution in [1.29, 1.82) is 0 Å². The molecule has 3 amide bonds. The van der Waals surface area contributed by atoms with Crippen LogP contribution in [0.5, 0.6) is 11.5 Å². The first-order valence-electron chi connectivity index (χ1n) is 12.8. The largest absolute Gasteiger partial charge is 0.495 e. The van der Waals surface area contributed by atoms with E-state index in [9.17, 15) is 19.5 Å². The van der Waals surface area contributed by atoms with Gasteiger partial charge in [0.1, 0.15) is 18.1 Å². The van der Waals surface area contributed by atoms with E-state index >= 15 is 0 Å². The Balaban J connectivity index is 1.35. The number of ether oxygens (including phenoxy) is 2. The van der Waals surface area contributed by atoms with Crippen LogP contribution >= 0.6 is 0 Å². The topological polar surface area (TPSA) is 117 Å². The summed E-state index contributed by atoms with van der Waals surface area (Å²) in [5, 5.41) is 14.8. The number of carbonyl (C=O) groups is 3. The number of amides is 3. The van der Waals surface area contributed by atoms with Crippen LogP contribution < -0.4 is 20.1 Å². The van der Waals surface area contributed by atoms with Crippen LogP contribution in [-0.2, 0) is 11.2 Å². The maximum absolute atomic E-state index is 13.2. The predicted octanol–water partition coefficient (Wildman–Crippen LogP) is 5.27. The van der Waals surface area contributed by atoms with Crippen molar-refractivity contribution in [1.82, 2.24) is 4.90 Å². The van der Waals surface area contributed by atoms with E-state index in [-0.39, 0.29) is 30.0 Å². The molecule has 1 aliphatic heterocycles. The summed E-state index contributed by atoms with van der Waals surface area (Å²) in [6.07, 6.45) is 1.91. The Morgan fingerprint density at radius 1 is 0.974 bits per heavy atom. The summed E-state index contributed by atoms with van der Waals surface area (Å²) in [4.78, 5) is 38.8. The van der Waals surface area contributed by atoms with E-state index in [2.05, 4.69) is 10.6 Å². The lowest BCUT2D eigenvalue weighted by atomic mass is 10.1. The Bertz CT molecular complexity index is 1370. The van der Waals surface area contributed by atoms with Crippen molar-refractivity contribution in [2.24, 2.45) is 0 Å². The van der Waals surface area contributed by atoms with E-state index in [4.69, 9.17) is 9.47 Å². The number of benzene rings is 3. The summed E-state index contributed by atoms with van der Waals surface area (Å²) < 4.78 is 11.4. The molecular weight excluding hydrogens is 498 g/mol. The van der Waals surface area contributed by atoms with Gasteiger partial charge >= 0.3 is 12.0 Å². The second kappa shape index (κ2) is 12.3. The smallest absolute Gasteiger partial charge is 0.335 e. The third-order valence-corrected chi connectivity index (χ3v) is 6.83. The van der Waals surface area contributed by atoms with Crippen molar-refractivity contribution < 1.29 is 29.0 Å². The molecule has 3 aromatic carbocycles. The molecule has 9 heteroatoms. The minimum atomic E-state index is -0.974. The monoisotopic (exact) mass is 531 g/mol. The molecule has 0 radical (unpaired) electrons. The number of urea groups is 1. The van der Waals surface area contributed by atoms with Gasteiger partial charge in [0, 0.05) is 12.2 Å². The van der Waals surface area contributed by atoms with E-state index < -0.39 is 5.97 Å². The third-order valence-electron chi connectivity index (χ3n) is 6.83. The molecule has 1 fully saturated rings. The van der Waals surface area contributed by atoms with Gasteiger partial charge < -0.3 is 30.1 Å². The molecule has 1 saturated heterocycles. The van der Waals surface area contributed by atoms with Gasteiger partial charge in [0.05, 0.1) is 30.8 Å². The Morgan fingerprint density at radius 3 is 2.46 bits per heavy atom. The van der Waals surface area contributed by atoms with Crippen molar-refractivity contribution in [3.05, 3.63) is 82.9 Å². The molecule has 0 aliphatic carbocycles. The molecule has 9 nitrogen and oxygen atoms in total. The number of methoxy groups -OCH3 is 1. The minimum Gasteiger partial charge on any atom is -0.495 e. The number of aryl methyl sites for hydroxylation is 2. The Labute approximate surface area is 227 Å². The molecule has 1 heterocycles. The number of likely N-dealkylation sites (tertiary alicyclic amines) is 1. The van der Waals surface area contributed by atoms with E-state index in [0.29, 0.717) is 41.6 Å². The highest BCUT2D eigenvalue weighted by Gasteiger charge is 2.29. The number of carboxylic acid groups (broad SMARTS) is 1. The van der Waals surface area contributed by atoms with Crippen LogP contribution in [0.25, 0.3) is 0 Å². The summed E-state index contributed by atoms with van der Waals surface area (Å²) >= 11 is 0. The number of carboxylic acids is 1. The van der Waals surface area contributed by atoms with Gasteiger partial charge in [-0.3, -0.25) is 4.79 Å². The molecule has 1 aliphatic rings. The lowest BCUT2D eigenvalue weighted by Gasteiger charge is -2.25. The molecular formula is C30H33N3O6. The van der Waals surface area contributed by atoms with Crippen molar-refractivity contribution in [2.45, 2.75) is 39.2 Å². The number of para-hydroxylation sites is 1. The van der Waals surface area contributed by atoms with Crippen molar-refractivity contribution in [2.75, 3.05) is 30.9 Å². The normalized spacial score (nSPS) is 14.5. The average molecular weight is 532 g/mol. The van der Waals surface area contributed by atoms with Gasteiger partial charge in [0.25, 0.3) is 0 Å². The lowest BCUT2D eigenvalue weighted by Crippen LogP contribution is -2.39. The maximum atomic E-state index is 13.2. The molecule has 0 bridgehead atoms. The Kier molecular flexibility index (Phi) is 8.70. The van der Waals surface area contributed by atoms with E-state index in [1.165, 1.54) is 13.2 Å². The number of hydrogen-bond donors (Lipinski definition) is 3. The highest BCUT2D eigenvalue weighted by molar-refractivity contribution is 6.01. The van der Waals surface area contributed by atoms with E-state index in [1.807, 2.05) is 36.1 Å². The van der Waals surface area contributed by atoms with Crippen LogP contribution in [0.15, 0.2) is 60.7 Å².